The molecule has 1 amide bonds. The number of aliphatic hydroxyl groups is 1. The number of nitrogens with zero attached hydrogens (tertiary/aromatic N) is 1. The van der Waals surface area contributed by atoms with E-state index < -0.39 is 11.6 Å². The summed E-state index contributed by atoms with van der Waals surface area (Å²) in [5, 5.41) is 12.2. The molecular weight excluding hydrogens is 556 g/mol. The van der Waals surface area contributed by atoms with Gasteiger partial charge < -0.3 is 34.7 Å². The minimum absolute atomic E-state index is 0.0130. The molecule has 13 atom stereocenters. The van der Waals surface area contributed by atoms with Crippen molar-refractivity contribution >= 4 is 12.2 Å². The van der Waals surface area contributed by atoms with Crippen molar-refractivity contribution in [2.45, 2.75) is 141 Å². The zero-order chi connectivity index (χ0) is 30.9. The SMILES string of the molecule is C[C@@H]1CC(CC=O)OC2[C@H]1[C@@]1(C)CCC34CC35CC[C@H](O[C@H]3CN(C(=O)CC6CC6)CCO3)C(C)(C)C5CCC4[C@]1(N)[C@H]2O. The van der Waals surface area contributed by atoms with Gasteiger partial charge >= 0.3 is 0 Å². The Morgan fingerprint density at radius 3 is 2.57 bits per heavy atom. The van der Waals surface area contributed by atoms with Crippen molar-refractivity contribution in [2.24, 2.45) is 57.0 Å². The van der Waals surface area contributed by atoms with E-state index in [1.54, 1.807) is 0 Å². The number of carbonyl (C=O) groups is 2. The van der Waals surface area contributed by atoms with Gasteiger partial charge in [-0.15, -0.1) is 0 Å². The number of hydrogen-bond donors (Lipinski definition) is 2. The lowest BCUT2D eigenvalue weighted by atomic mass is 9.43. The van der Waals surface area contributed by atoms with Crippen LogP contribution in [-0.2, 0) is 23.8 Å². The summed E-state index contributed by atoms with van der Waals surface area (Å²) < 4.78 is 19.4. The summed E-state index contributed by atoms with van der Waals surface area (Å²) in [5.41, 5.74) is 7.26. The van der Waals surface area contributed by atoms with E-state index in [9.17, 15) is 14.7 Å². The molecule has 8 nitrogen and oxygen atoms in total. The van der Waals surface area contributed by atoms with Crippen molar-refractivity contribution in [3.8, 4) is 0 Å². The Morgan fingerprint density at radius 1 is 1.07 bits per heavy atom. The lowest BCUT2D eigenvalue weighted by Crippen LogP contribution is -2.70. The fourth-order valence-electron chi connectivity index (χ4n) is 13.3. The van der Waals surface area contributed by atoms with E-state index >= 15 is 0 Å². The van der Waals surface area contributed by atoms with Crippen LogP contribution in [-0.4, -0.2) is 78.1 Å². The van der Waals surface area contributed by atoms with Crippen LogP contribution in [0.4, 0.5) is 0 Å². The lowest BCUT2D eigenvalue weighted by molar-refractivity contribution is -0.245. The average molecular weight is 613 g/mol. The smallest absolute Gasteiger partial charge is 0.223 e. The number of amides is 1. The topological polar surface area (TPSA) is 111 Å². The first-order valence-electron chi connectivity index (χ1n) is 18.0. The Labute approximate surface area is 263 Å². The molecule has 2 heterocycles. The summed E-state index contributed by atoms with van der Waals surface area (Å²) in [6.45, 7) is 11.3. The fraction of sp³-hybridized carbons (Fsp3) is 0.944. The van der Waals surface area contributed by atoms with Crippen LogP contribution < -0.4 is 5.73 Å². The highest BCUT2D eigenvalue weighted by Gasteiger charge is 2.85. The van der Waals surface area contributed by atoms with Gasteiger partial charge in [0.05, 0.1) is 43.1 Å². The number of aldehydes is 1. The molecule has 2 spiro atoms. The van der Waals surface area contributed by atoms with E-state index in [1.807, 2.05) is 4.90 Å². The second-order valence-electron chi connectivity index (χ2n) is 17.6. The fourth-order valence-corrected chi connectivity index (χ4v) is 13.3. The summed E-state index contributed by atoms with van der Waals surface area (Å²) in [7, 11) is 0. The van der Waals surface area contributed by atoms with Gasteiger partial charge in [-0.1, -0.05) is 27.7 Å². The van der Waals surface area contributed by atoms with E-state index in [2.05, 4.69) is 27.7 Å². The number of ether oxygens (including phenoxy) is 3. The van der Waals surface area contributed by atoms with Gasteiger partial charge in [-0.05, 0) is 115 Å². The van der Waals surface area contributed by atoms with E-state index in [0.29, 0.717) is 50.3 Å². The number of nitrogens with two attached hydrogens (primary N) is 1. The first-order valence-corrected chi connectivity index (χ1v) is 18.0. The molecule has 0 bridgehead atoms. The third kappa shape index (κ3) is 3.93. The number of carbonyl (C=O) groups excluding carboxylic acids is 2. The van der Waals surface area contributed by atoms with Crippen molar-refractivity contribution in [2.75, 3.05) is 19.7 Å². The highest BCUT2D eigenvalue weighted by Crippen LogP contribution is 2.87. The van der Waals surface area contributed by atoms with Gasteiger partial charge in [-0.3, -0.25) is 4.79 Å². The van der Waals surface area contributed by atoms with Crippen LogP contribution in [0.25, 0.3) is 0 Å². The molecule has 246 valence electrons. The zero-order valence-corrected chi connectivity index (χ0v) is 27.5. The maximum atomic E-state index is 12.8. The van der Waals surface area contributed by atoms with Gasteiger partial charge in [0.15, 0.2) is 6.29 Å². The molecule has 0 radical (unpaired) electrons. The molecule has 6 saturated carbocycles. The normalized spacial score (nSPS) is 53.9. The van der Waals surface area contributed by atoms with E-state index in [1.165, 1.54) is 25.7 Å². The molecule has 6 unspecified atom stereocenters. The second kappa shape index (κ2) is 9.98. The van der Waals surface area contributed by atoms with Gasteiger partial charge in [0.1, 0.15) is 6.29 Å². The van der Waals surface area contributed by atoms with E-state index in [0.717, 1.165) is 44.8 Å². The van der Waals surface area contributed by atoms with Crippen LogP contribution in [0.15, 0.2) is 0 Å². The molecule has 0 aromatic carbocycles. The molecule has 6 aliphatic carbocycles. The first kappa shape index (κ1) is 30.3. The van der Waals surface area contributed by atoms with Crippen LogP contribution in [0, 0.1) is 51.2 Å². The van der Waals surface area contributed by atoms with Crippen LogP contribution in [0.5, 0.6) is 0 Å². The summed E-state index contributed by atoms with van der Waals surface area (Å²) in [6.07, 6.45) is 11.7. The largest absolute Gasteiger partial charge is 0.388 e. The summed E-state index contributed by atoms with van der Waals surface area (Å²) >= 11 is 0. The molecule has 8 fully saturated rings. The highest BCUT2D eigenvalue weighted by molar-refractivity contribution is 5.76. The van der Waals surface area contributed by atoms with E-state index in [4.69, 9.17) is 19.9 Å². The minimum Gasteiger partial charge on any atom is -0.388 e. The highest BCUT2D eigenvalue weighted by atomic mass is 16.7. The summed E-state index contributed by atoms with van der Waals surface area (Å²) in [6, 6.07) is 0. The molecule has 8 heteroatoms. The molecule has 8 rings (SSSR count). The third-order valence-electron chi connectivity index (χ3n) is 15.5. The van der Waals surface area contributed by atoms with Crippen molar-refractivity contribution in [3.05, 3.63) is 0 Å². The van der Waals surface area contributed by atoms with Gasteiger partial charge in [0.2, 0.25) is 5.91 Å². The summed E-state index contributed by atoms with van der Waals surface area (Å²) in [4.78, 5) is 26.2. The van der Waals surface area contributed by atoms with Gasteiger partial charge in [-0.25, -0.2) is 0 Å². The van der Waals surface area contributed by atoms with Crippen molar-refractivity contribution in [1.82, 2.24) is 4.90 Å². The van der Waals surface area contributed by atoms with Crippen LogP contribution in [0.2, 0.25) is 0 Å². The predicted molar refractivity (Wildman–Crippen MR) is 164 cm³/mol. The Bertz CT molecular complexity index is 1190. The maximum absolute atomic E-state index is 12.8. The maximum Gasteiger partial charge on any atom is 0.223 e. The average Bonchev–Trinajstić information content (AvgIpc) is 3.90. The molecule has 2 saturated heterocycles. The van der Waals surface area contributed by atoms with E-state index in [-0.39, 0.29) is 64.0 Å². The monoisotopic (exact) mass is 612 g/mol. The van der Waals surface area contributed by atoms with Crippen molar-refractivity contribution < 1.29 is 28.9 Å². The Morgan fingerprint density at radius 2 is 1.82 bits per heavy atom. The van der Waals surface area contributed by atoms with Gasteiger partial charge in [0.25, 0.3) is 0 Å². The van der Waals surface area contributed by atoms with Crippen LogP contribution in [0.3, 0.4) is 0 Å². The predicted octanol–water partition coefficient (Wildman–Crippen LogP) is 4.45. The van der Waals surface area contributed by atoms with Gasteiger partial charge in [0, 0.05) is 19.4 Å². The lowest BCUT2D eigenvalue weighted by Gasteiger charge is -2.63. The number of rotatable bonds is 6. The Kier molecular flexibility index (Phi) is 6.87. The molecule has 0 aromatic heterocycles. The van der Waals surface area contributed by atoms with Crippen LogP contribution in [0.1, 0.15) is 105 Å². The Hall–Kier alpha value is -1.06. The molecule has 2 aliphatic heterocycles. The number of aliphatic hydroxyl groups excluding tert-OH is 1. The third-order valence-corrected chi connectivity index (χ3v) is 15.5. The van der Waals surface area contributed by atoms with Gasteiger partial charge in [-0.2, -0.15) is 0 Å². The van der Waals surface area contributed by atoms with Crippen LogP contribution >= 0.6 is 0 Å². The molecule has 0 aromatic rings. The first-order chi connectivity index (χ1) is 20.9. The summed E-state index contributed by atoms with van der Waals surface area (Å²) in [5.74, 6) is 2.28. The molecule has 44 heavy (non-hydrogen) atoms. The molecule has 8 aliphatic rings. The molecular formula is C36H56N2O6. The molecule has 3 N–H and O–H groups in total. The number of fused-ring (bicyclic) bond motifs is 4. The van der Waals surface area contributed by atoms with Crippen molar-refractivity contribution in [3.63, 3.8) is 0 Å². The standard InChI is InChI=1S/C36H56N2O6/c1-21-17-23(10-15-39)43-30-29(21)33(4)12-13-35-20-34(35)11-9-26(32(2,3)24(34)7-8-25(35)36(33,37)31(30)41)44-28-19-38(14-16-42-28)27(40)18-22-5-6-22/h15,21-26,28-31,41H,5-14,16-20,37H2,1-4H3/t21-,23?,24?,25?,26+,28+,29+,30?,31+,33-,34?,35?,36+/m1/s1. The number of hydrogen-bond acceptors (Lipinski definition) is 7. The quantitative estimate of drug-likeness (QED) is 0.427. The zero-order valence-electron chi connectivity index (χ0n) is 27.5. The number of morpholine rings is 1. The Balaban J connectivity index is 1.01. The minimum atomic E-state index is -0.701. The second-order valence-corrected chi connectivity index (χ2v) is 17.6. The van der Waals surface area contributed by atoms with Crippen molar-refractivity contribution in [1.29, 1.82) is 0 Å².